The highest BCUT2D eigenvalue weighted by Gasteiger charge is 2.28. The van der Waals surface area contributed by atoms with Crippen molar-refractivity contribution in [1.29, 1.82) is 0 Å². The van der Waals surface area contributed by atoms with E-state index in [1.165, 1.54) is 16.4 Å². The van der Waals surface area contributed by atoms with Gasteiger partial charge in [0.25, 0.3) is 15.9 Å². The van der Waals surface area contributed by atoms with E-state index >= 15 is 0 Å². The predicted molar refractivity (Wildman–Crippen MR) is 145 cm³/mol. The predicted octanol–water partition coefficient (Wildman–Crippen LogP) is 6.16. The van der Waals surface area contributed by atoms with Crippen LogP contribution in [0.2, 0.25) is 5.02 Å². The average Bonchev–Trinajstić information content (AvgIpc) is 2.89. The third kappa shape index (κ3) is 6.56. The summed E-state index contributed by atoms with van der Waals surface area (Å²) in [4.78, 5) is 13.3. The fourth-order valence-electron chi connectivity index (χ4n) is 3.84. The standard InChI is InChI=1S/C29H26ClFN2O3S/c1-21-6-16-26(17-7-21)37(35,36)33(20-23-8-12-24(30)13-9-23)28-5-3-2-4-27(28)29(34)32-19-18-22-10-14-25(31)15-11-22/h2-17H,18-20H2,1H3,(H,32,34). The maximum atomic E-state index is 13.9. The molecular weight excluding hydrogens is 511 g/mol. The van der Waals surface area contributed by atoms with Crippen molar-refractivity contribution in [2.45, 2.75) is 24.8 Å². The molecule has 0 aliphatic rings. The van der Waals surface area contributed by atoms with E-state index in [9.17, 15) is 17.6 Å². The van der Waals surface area contributed by atoms with E-state index < -0.39 is 15.9 Å². The minimum atomic E-state index is -4.02. The Kier molecular flexibility index (Phi) is 8.26. The van der Waals surface area contributed by atoms with Crippen molar-refractivity contribution in [1.82, 2.24) is 5.32 Å². The third-order valence-electron chi connectivity index (χ3n) is 5.88. The zero-order valence-corrected chi connectivity index (χ0v) is 21.8. The van der Waals surface area contributed by atoms with Crippen molar-refractivity contribution in [3.05, 3.63) is 130 Å². The summed E-state index contributed by atoms with van der Waals surface area (Å²) in [7, 11) is -4.02. The largest absolute Gasteiger partial charge is 0.352 e. The van der Waals surface area contributed by atoms with Gasteiger partial charge in [0.2, 0.25) is 0 Å². The number of para-hydroxylation sites is 1. The molecule has 0 bridgehead atoms. The van der Waals surface area contributed by atoms with Crippen LogP contribution in [0.4, 0.5) is 10.1 Å². The SMILES string of the molecule is Cc1ccc(S(=O)(=O)N(Cc2ccc(Cl)cc2)c2ccccc2C(=O)NCCc2ccc(F)cc2)cc1. The van der Waals surface area contributed by atoms with Crippen molar-refractivity contribution in [3.63, 3.8) is 0 Å². The van der Waals surface area contributed by atoms with Gasteiger partial charge in [-0.1, -0.05) is 65.7 Å². The van der Waals surface area contributed by atoms with Crippen LogP contribution in [-0.2, 0) is 23.0 Å². The summed E-state index contributed by atoms with van der Waals surface area (Å²) in [6.07, 6.45) is 0.504. The molecule has 37 heavy (non-hydrogen) atoms. The molecule has 0 saturated heterocycles. The molecule has 0 heterocycles. The van der Waals surface area contributed by atoms with Gasteiger partial charge in [-0.05, 0) is 73.0 Å². The molecule has 0 aliphatic carbocycles. The van der Waals surface area contributed by atoms with Gasteiger partial charge in [0.15, 0.2) is 0 Å². The molecule has 4 rings (SSSR count). The Morgan fingerprint density at radius 1 is 0.865 bits per heavy atom. The Hall–Kier alpha value is -3.68. The Balaban J connectivity index is 1.66. The monoisotopic (exact) mass is 536 g/mol. The van der Waals surface area contributed by atoms with E-state index in [0.717, 1.165) is 11.1 Å². The van der Waals surface area contributed by atoms with Gasteiger partial charge < -0.3 is 5.32 Å². The van der Waals surface area contributed by atoms with E-state index in [1.807, 2.05) is 6.92 Å². The highest BCUT2D eigenvalue weighted by Crippen LogP contribution is 2.30. The molecule has 0 atom stereocenters. The van der Waals surface area contributed by atoms with Crippen LogP contribution < -0.4 is 9.62 Å². The average molecular weight is 537 g/mol. The molecule has 0 spiro atoms. The molecule has 1 N–H and O–H groups in total. The number of halogens is 2. The van der Waals surface area contributed by atoms with Gasteiger partial charge in [-0.15, -0.1) is 0 Å². The lowest BCUT2D eigenvalue weighted by Gasteiger charge is -2.27. The van der Waals surface area contributed by atoms with E-state index in [4.69, 9.17) is 11.6 Å². The number of anilines is 1. The molecule has 0 aromatic heterocycles. The van der Waals surface area contributed by atoms with Crippen molar-refractivity contribution >= 4 is 33.2 Å². The lowest BCUT2D eigenvalue weighted by molar-refractivity contribution is 0.0954. The lowest BCUT2D eigenvalue weighted by atomic mass is 10.1. The maximum Gasteiger partial charge on any atom is 0.264 e. The molecule has 0 aliphatic heterocycles. The van der Waals surface area contributed by atoms with Crippen molar-refractivity contribution in [2.24, 2.45) is 0 Å². The van der Waals surface area contributed by atoms with Crippen LogP contribution in [0, 0.1) is 12.7 Å². The highest BCUT2D eigenvalue weighted by atomic mass is 35.5. The summed E-state index contributed by atoms with van der Waals surface area (Å²) >= 11 is 6.03. The first-order valence-electron chi connectivity index (χ1n) is 11.7. The second kappa shape index (κ2) is 11.6. The number of nitrogens with zero attached hydrogens (tertiary/aromatic N) is 1. The van der Waals surface area contributed by atoms with Gasteiger partial charge in [-0.25, -0.2) is 12.8 Å². The Morgan fingerprint density at radius 2 is 1.49 bits per heavy atom. The van der Waals surface area contributed by atoms with Gasteiger partial charge in [-0.3, -0.25) is 9.10 Å². The smallest absolute Gasteiger partial charge is 0.264 e. The number of hydrogen-bond donors (Lipinski definition) is 1. The van der Waals surface area contributed by atoms with Crippen molar-refractivity contribution < 1.29 is 17.6 Å². The molecule has 0 saturated carbocycles. The first kappa shape index (κ1) is 26.4. The Bertz CT molecular complexity index is 1470. The van der Waals surface area contributed by atoms with Gasteiger partial charge in [0.05, 0.1) is 22.7 Å². The number of amides is 1. The summed E-state index contributed by atoms with van der Waals surface area (Å²) in [6.45, 7) is 2.20. The molecule has 5 nitrogen and oxygen atoms in total. The van der Waals surface area contributed by atoms with Gasteiger partial charge in [0.1, 0.15) is 5.82 Å². The van der Waals surface area contributed by atoms with Crippen LogP contribution in [0.5, 0.6) is 0 Å². The first-order chi connectivity index (χ1) is 17.7. The molecule has 0 radical (unpaired) electrons. The summed E-state index contributed by atoms with van der Waals surface area (Å²) in [5.74, 6) is -0.727. The fourth-order valence-corrected chi connectivity index (χ4v) is 5.44. The van der Waals surface area contributed by atoms with E-state index in [2.05, 4.69) is 5.32 Å². The minimum absolute atomic E-state index is 0.00719. The zero-order chi connectivity index (χ0) is 26.4. The normalized spacial score (nSPS) is 11.2. The van der Waals surface area contributed by atoms with Crippen LogP contribution in [0.15, 0.2) is 102 Å². The number of nitrogens with one attached hydrogen (secondary N) is 1. The van der Waals surface area contributed by atoms with Gasteiger partial charge in [0, 0.05) is 11.6 Å². The number of hydrogen-bond acceptors (Lipinski definition) is 3. The second-order valence-electron chi connectivity index (χ2n) is 8.60. The van der Waals surface area contributed by atoms with Crippen molar-refractivity contribution in [2.75, 3.05) is 10.8 Å². The topological polar surface area (TPSA) is 66.5 Å². The molecule has 4 aromatic rings. The van der Waals surface area contributed by atoms with E-state index in [-0.39, 0.29) is 28.5 Å². The Labute approximate surface area is 221 Å². The van der Waals surface area contributed by atoms with Gasteiger partial charge >= 0.3 is 0 Å². The van der Waals surface area contributed by atoms with Crippen molar-refractivity contribution in [3.8, 4) is 0 Å². The maximum absolute atomic E-state index is 13.9. The second-order valence-corrected chi connectivity index (χ2v) is 10.9. The lowest BCUT2D eigenvalue weighted by Crippen LogP contribution is -2.34. The number of carbonyl (C=O) groups excluding carboxylic acids is 1. The van der Waals surface area contributed by atoms with Crippen LogP contribution in [-0.4, -0.2) is 20.9 Å². The van der Waals surface area contributed by atoms with Crippen LogP contribution in [0.25, 0.3) is 0 Å². The summed E-state index contributed by atoms with van der Waals surface area (Å²) in [5, 5.41) is 3.40. The number of rotatable bonds is 9. The fraction of sp³-hybridized carbons (Fsp3) is 0.138. The number of benzene rings is 4. The molecular formula is C29H26ClFN2O3S. The first-order valence-corrected chi connectivity index (χ1v) is 13.5. The molecule has 0 unspecified atom stereocenters. The van der Waals surface area contributed by atoms with Crippen LogP contribution in [0.1, 0.15) is 27.0 Å². The molecule has 0 fully saturated rings. The van der Waals surface area contributed by atoms with E-state index in [1.54, 1.807) is 84.9 Å². The zero-order valence-electron chi connectivity index (χ0n) is 20.2. The number of aryl methyl sites for hydroxylation is 1. The van der Waals surface area contributed by atoms with Crippen LogP contribution >= 0.6 is 11.6 Å². The summed E-state index contributed by atoms with van der Waals surface area (Å²) < 4.78 is 42.1. The molecule has 1 amide bonds. The quantitative estimate of drug-likeness (QED) is 0.279. The van der Waals surface area contributed by atoms with E-state index in [0.29, 0.717) is 23.6 Å². The number of sulfonamides is 1. The Morgan fingerprint density at radius 3 is 2.16 bits per heavy atom. The third-order valence-corrected chi connectivity index (χ3v) is 7.90. The molecule has 4 aromatic carbocycles. The molecule has 8 heteroatoms. The highest BCUT2D eigenvalue weighted by molar-refractivity contribution is 7.92. The summed E-state index contributed by atoms with van der Waals surface area (Å²) in [6, 6.07) is 26.2. The number of carbonyl (C=O) groups is 1. The molecule has 190 valence electrons. The van der Waals surface area contributed by atoms with Gasteiger partial charge in [-0.2, -0.15) is 0 Å². The minimum Gasteiger partial charge on any atom is -0.352 e. The summed E-state index contributed by atoms with van der Waals surface area (Å²) in [5.41, 5.74) is 3.01. The van der Waals surface area contributed by atoms with Crippen LogP contribution in [0.3, 0.4) is 0 Å².